The Hall–Kier alpha value is -3.13. The second-order valence-electron chi connectivity index (χ2n) is 7.06. The molecule has 1 fully saturated rings. The number of anilines is 3. The highest BCUT2D eigenvalue weighted by Gasteiger charge is 2.19. The number of halogens is 2. The molecule has 1 aliphatic heterocycles. The van der Waals surface area contributed by atoms with Crippen LogP contribution in [-0.4, -0.2) is 26.3 Å². The Bertz CT molecular complexity index is 1090. The van der Waals surface area contributed by atoms with E-state index < -0.39 is 17.7 Å². The van der Waals surface area contributed by atoms with Crippen LogP contribution in [0.1, 0.15) is 18.5 Å². The molecule has 1 saturated heterocycles. The molecule has 1 unspecified atom stereocenters. The first kappa shape index (κ1) is 19.2. The molecule has 0 aliphatic carbocycles. The summed E-state index contributed by atoms with van der Waals surface area (Å²) in [5, 5.41) is 3.40. The van der Waals surface area contributed by atoms with E-state index in [2.05, 4.69) is 5.32 Å². The minimum atomic E-state index is -0.682. The lowest BCUT2D eigenvalue weighted by atomic mass is 10.0. The van der Waals surface area contributed by atoms with Crippen molar-refractivity contribution in [1.82, 2.24) is 0 Å². The van der Waals surface area contributed by atoms with Gasteiger partial charge in [0.1, 0.15) is 17.2 Å². The molecule has 0 bridgehead atoms. The SMILES string of the molecule is CC(Nc1cc(F)cc(F)c1)c1cc(N)cc2c(=O)cc(N3CCOCC3)oc12. The molecule has 1 atom stereocenters. The number of morpholine rings is 1. The third kappa shape index (κ3) is 4.02. The Labute approximate surface area is 165 Å². The molecular formula is C21H21F2N3O3. The fourth-order valence-electron chi connectivity index (χ4n) is 3.52. The molecule has 1 aliphatic rings. The van der Waals surface area contributed by atoms with E-state index in [9.17, 15) is 13.6 Å². The van der Waals surface area contributed by atoms with Gasteiger partial charge in [-0.15, -0.1) is 0 Å². The Balaban J connectivity index is 1.77. The molecular weight excluding hydrogens is 380 g/mol. The molecule has 0 radical (unpaired) electrons. The van der Waals surface area contributed by atoms with E-state index in [0.717, 1.165) is 6.07 Å². The average Bonchev–Trinajstić information content (AvgIpc) is 2.67. The number of nitrogens with two attached hydrogens (primary N) is 1. The third-order valence-corrected chi connectivity index (χ3v) is 4.90. The van der Waals surface area contributed by atoms with Gasteiger partial charge < -0.3 is 25.1 Å². The number of nitrogens with zero attached hydrogens (tertiary/aromatic N) is 1. The maximum atomic E-state index is 13.5. The van der Waals surface area contributed by atoms with Crippen LogP contribution in [0.5, 0.6) is 0 Å². The summed E-state index contributed by atoms with van der Waals surface area (Å²) in [6.45, 7) is 4.15. The van der Waals surface area contributed by atoms with Gasteiger partial charge in [0.05, 0.1) is 24.6 Å². The zero-order chi connectivity index (χ0) is 20.5. The van der Waals surface area contributed by atoms with Gasteiger partial charge >= 0.3 is 0 Å². The highest BCUT2D eigenvalue weighted by molar-refractivity contribution is 5.85. The van der Waals surface area contributed by atoms with Gasteiger partial charge in [0.2, 0.25) is 0 Å². The minimum absolute atomic E-state index is 0.203. The summed E-state index contributed by atoms with van der Waals surface area (Å²) in [7, 11) is 0. The number of nitrogen functional groups attached to an aromatic ring is 1. The molecule has 29 heavy (non-hydrogen) atoms. The van der Waals surface area contributed by atoms with Gasteiger partial charge in [0, 0.05) is 42.2 Å². The fourth-order valence-corrected chi connectivity index (χ4v) is 3.52. The maximum Gasteiger partial charge on any atom is 0.200 e. The molecule has 2 aromatic carbocycles. The van der Waals surface area contributed by atoms with Gasteiger partial charge in [-0.2, -0.15) is 0 Å². The van der Waals surface area contributed by atoms with Gasteiger partial charge in [0.15, 0.2) is 11.3 Å². The third-order valence-electron chi connectivity index (χ3n) is 4.90. The molecule has 6 nitrogen and oxygen atoms in total. The zero-order valence-electron chi connectivity index (χ0n) is 15.9. The van der Waals surface area contributed by atoms with E-state index in [1.807, 2.05) is 4.90 Å². The fraction of sp³-hybridized carbons (Fsp3) is 0.286. The Morgan fingerprint density at radius 2 is 1.76 bits per heavy atom. The molecule has 0 saturated carbocycles. The molecule has 1 aromatic heterocycles. The number of nitrogens with one attached hydrogen (secondary N) is 1. The summed E-state index contributed by atoms with van der Waals surface area (Å²) in [4.78, 5) is 14.7. The second kappa shape index (κ2) is 7.71. The van der Waals surface area contributed by atoms with Crippen molar-refractivity contribution in [2.75, 3.05) is 42.3 Å². The quantitative estimate of drug-likeness (QED) is 0.650. The monoisotopic (exact) mass is 401 g/mol. The van der Waals surface area contributed by atoms with Crippen molar-refractivity contribution in [2.24, 2.45) is 0 Å². The van der Waals surface area contributed by atoms with E-state index in [-0.39, 0.29) is 11.1 Å². The topological polar surface area (TPSA) is 80.7 Å². The standard InChI is InChI=1S/C21H21F2N3O3/c1-12(25-16-7-13(22)6-14(23)8-16)17-9-15(24)10-18-19(27)11-20(29-21(17)18)26-2-4-28-5-3-26/h6-12,25H,2-5,24H2,1H3. The van der Waals surface area contributed by atoms with Crippen LogP contribution < -0.4 is 21.4 Å². The van der Waals surface area contributed by atoms with Crippen LogP contribution in [0, 0.1) is 11.6 Å². The normalized spacial score (nSPS) is 15.5. The Morgan fingerprint density at radius 1 is 1.07 bits per heavy atom. The molecule has 3 N–H and O–H groups in total. The zero-order valence-corrected chi connectivity index (χ0v) is 15.9. The molecule has 152 valence electrons. The molecule has 3 aromatic rings. The summed E-state index contributed by atoms with van der Waals surface area (Å²) in [5.74, 6) is -0.905. The summed E-state index contributed by atoms with van der Waals surface area (Å²) in [6.07, 6.45) is 0. The minimum Gasteiger partial charge on any atom is -0.440 e. The Kier molecular flexibility index (Phi) is 5.10. The van der Waals surface area contributed by atoms with Gasteiger partial charge in [-0.25, -0.2) is 8.78 Å². The van der Waals surface area contributed by atoms with Gasteiger partial charge in [-0.3, -0.25) is 4.79 Å². The Morgan fingerprint density at radius 3 is 2.45 bits per heavy atom. The van der Waals surface area contributed by atoms with Crippen LogP contribution in [0.2, 0.25) is 0 Å². The average molecular weight is 401 g/mol. The summed E-state index contributed by atoms with van der Waals surface area (Å²) in [6, 6.07) is 7.50. The summed E-state index contributed by atoms with van der Waals surface area (Å²) >= 11 is 0. The molecule has 0 amide bonds. The van der Waals surface area contributed by atoms with E-state index >= 15 is 0 Å². The van der Waals surface area contributed by atoms with Crippen LogP contribution in [0.25, 0.3) is 11.0 Å². The van der Waals surface area contributed by atoms with Crippen LogP contribution in [-0.2, 0) is 4.74 Å². The molecule has 0 spiro atoms. The van der Waals surface area contributed by atoms with Crippen LogP contribution in [0.15, 0.2) is 45.6 Å². The van der Waals surface area contributed by atoms with Crippen molar-refractivity contribution < 1.29 is 17.9 Å². The first-order valence-electron chi connectivity index (χ1n) is 9.33. The number of fused-ring (bicyclic) bond motifs is 1. The second-order valence-corrected chi connectivity index (χ2v) is 7.06. The lowest BCUT2D eigenvalue weighted by molar-refractivity contribution is 0.121. The van der Waals surface area contributed by atoms with Crippen LogP contribution in [0.3, 0.4) is 0 Å². The van der Waals surface area contributed by atoms with E-state index in [4.69, 9.17) is 14.9 Å². The van der Waals surface area contributed by atoms with Crippen molar-refractivity contribution in [3.05, 3.63) is 63.8 Å². The summed E-state index contributed by atoms with van der Waals surface area (Å²) < 4.78 is 38.5. The maximum absolute atomic E-state index is 13.5. The largest absolute Gasteiger partial charge is 0.440 e. The van der Waals surface area contributed by atoms with Gasteiger partial charge in [-0.05, 0) is 31.2 Å². The summed E-state index contributed by atoms with van der Waals surface area (Å²) in [5.41, 5.74) is 7.49. The highest BCUT2D eigenvalue weighted by Crippen LogP contribution is 2.31. The predicted molar refractivity (Wildman–Crippen MR) is 108 cm³/mol. The highest BCUT2D eigenvalue weighted by atomic mass is 19.1. The number of hydrogen-bond acceptors (Lipinski definition) is 6. The first-order chi connectivity index (χ1) is 13.9. The number of hydrogen-bond donors (Lipinski definition) is 2. The number of ether oxygens (including phenoxy) is 1. The van der Waals surface area contributed by atoms with Crippen molar-refractivity contribution in [3.63, 3.8) is 0 Å². The molecule has 8 heteroatoms. The smallest absolute Gasteiger partial charge is 0.200 e. The molecule has 4 rings (SSSR count). The predicted octanol–water partition coefficient (Wildman–Crippen LogP) is 3.66. The van der Waals surface area contributed by atoms with E-state index in [1.165, 1.54) is 18.2 Å². The van der Waals surface area contributed by atoms with E-state index in [0.29, 0.717) is 54.4 Å². The number of benzene rings is 2. The van der Waals surface area contributed by atoms with Crippen LogP contribution >= 0.6 is 0 Å². The van der Waals surface area contributed by atoms with Gasteiger partial charge in [0.25, 0.3) is 0 Å². The van der Waals surface area contributed by atoms with Gasteiger partial charge in [-0.1, -0.05) is 0 Å². The van der Waals surface area contributed by atoms with Crippen molar-refractivity contribution in [2.45, 2.75) is 13.0 Å². The van der Waals surface area contributed by atoms with Crippen molar-refractivity contribution in [3.8, 4) is 0 Å². The number of rotatable bonds is 4. The lowest BCUT2D eigenvalue weighted by Crippen LogP contribution is -2.36. The van der Waals surface area contributed by atoms with E-state index in [1.54, 1.807) is 19.1 Å². The van der Waals surface area contributed by atoms with Crippen molar-refractivity contribution >= 4 is 28.2 Å². The first-order valence-corrected chi connectivity index (χ1v) is 9.33. The lowest BCUT2D eigenvalue weighted by Gasteiger charge is -2.27. The van der Waals surface area contributed by atoms with Crippen molar-refractivity contribution in [1.29, 1.82) is 0 Å². The molecule has 2 heterocycles. The van der Waals surface area contributed by atoms with Crippen LogP contribution in [0.4, 0.5) is 26.0 Å².